The fourth-order valence-corrected chi connectivity index (χ4v) is 3.41. The molecule has 0 radical (unpaired) electrons. The van der Waals surface area contributed by atoms with Crippen molar-refractivity contribution in [3.05, 3.63) is 115 Å². The molecule has 0 saturated heterocycles. The fraction of sp³-hybridized carbons (Fsp3) is 0. The maximum absolute atomic E-state index is 4.59. The Morgan fingerprint density at radius 2 is 1.55 bits per heavy atom. The Morgan fingerprint density at radius 3 is 2.45 bits per heavy atom. The van der Waals surface area contributed by atoms with Crippen molar-refractivity contribution in [1.29, 1.82) is 0 Å². The van der Waals surface area contributed by atoms with Crippen molar-refractivity contribution < 1.29 is 21.1 Å². The van der Waals surface area contributed by atoms with Crippen LogP contribution in [0, 0.1) is 12.1 Å². The van der Waals surface area contributed by atoms with Gasteiger partial charge < -0.3 is 4.98 Å². The molecular formula is C26H16N2Pt. The standard InChI is InChI=1S/C26H16N2.Pt/c1-2-16-27-23(10-1)15-14-20-7-3-6-19-12-13-22(18-25(19)20)24-11-4-8-21-9-5-17-28-26(21)24;/h1-13,15-17H;/q-2;+2. The van der Waals surface area contributed by atoms with Crippen LogP contribution in [0.4, 0.5) is 0 Å². The molecule has 0 aliphatic heterocycles. The monoisotopic (exact) mass is 551 g/mol. The summed E-state index contributed by atoms with van der Waals surface area (Å²) >= 11 is 0. The SMILES string of the molecule is [C-](=Cc1ccccn1)c1cccc2ccc(-c3cccc4cccnc34)[c-]c12.[Pt+2]. The second-order valence-corrected chi connectivity index (χ2v) is 6.57. The van der Waals surface area contributed by atoms with Crippen molar-refractivity contribution in [3.63, 3.8) is 0 Å². The average molecular weight is 552 g/mol. The molecule has 5 rings (SSSR count). The Kier molecular flexibility index (Phi) is 5.64. The van der Waals surface area contributed by atoms with Gasteiger partial charge in [0.1, 0.15) is 0 Å². The second kappa shape index (κ2) is 8.51. The first-order valence-electron chi connectivity index (χ1n) is 9.18. The quantitative estimate of drug-likeness (QED) is 0.253. The van der Waals surface area contributed by atoms with Gasteiger partial charge in [-0.1, -0.05) is 42.0 Å². The van der Waals surface area contributed by atoms with Gasteiger partial charge in [0.2, 0.25) is 0 Å². The molecule has 0 unspecified atom stereocenters. The van der Waals surface area contributed by atoms with E-state index in [1.807, 2.05) is 42.6 Å². The molecule has 140 valence electrons. The van der Waals surface area contributed by atoms with Crippen LogP contribution in [0.2, 0.25) is 0 Å². The average Bonchev–Trinajstić information content (AvgIpc) is 2.77. The van der Waals surface area contributed by atoms with Crippen LogP contribution in [-0.4, -0.2) is 9.97 Å². The molecule has 0 N–H and O–H groups in total. The molecule has 0 fully saturated rings. The molecule has 0 atom stereocenters. The minimum absolute atomic E-state index is 0. The minimum atomic E-state index is 0. The van der Waals surface area contributed by atoms with Gasteiger partial charge in [-0.3, -0.25) is 4.98 Å². The van der Waals surface area contributed by atoms with Gasteiger partial charge in [-0.15, -0.1) is 41.3 Å². The summed E-state index contributed by atoms with van der Waals surface area (Å²) in [6.07, 6.45) is 8.92. The fourth-order valence-electron chi connectivity index (χ4n) is 3.41. The zero-order valence-electron chi connectivity index (χ0n) is 15.4. The van der Waals surface area contributed by atoms with Gasteiger partial charge in [-0.25, -0.2) is 5.56 Å². The first-order chi connectivity index (χ1) is 13.9. The summed E-state index contributed by atoms with van der Waals surface area (Å²) < 4.78 is 0. The molecule has 5 aromatic rings. The van der Waals surface area contributed by atoms with Gasteiger partial charge in [0.25, 0.3) is 0 Å². The molecule has 0 spiro atoms. The van der Waals surface area contributed by atoms with E-state index in [4.69, 9.17) is 0 Å². The number of fused-ring (bicyclic) bond motifs is 2. The van der Waals surface area contributed by atoms with Crippen molar-refractivity contribution >= 4 is 27.8 Å². The number of hydrogen-bond donors (Lipinski definition) is 0. The summed E-state index contributed by atoms with van der Waals surface area (Å²) in [5, 5.41) is 3.31. The molecule has 3 aromatic carbocycles. The number of rotatable bonds is 3. The van der Waals surface area contributed by atoms with Crippen LogP contribution in [0.15, 0.2) is 91.3 Å². The van der Waals surface area contributed by atoms with Gasteiger partial charge in [0.05, 0.1) is 0 Å². The first-order valence-corrected chi connectivity index (χ1v) is 9.18. The largest absolute Gasteiger partial charge is 2.00 e. The van der Waals surface area contributed by atoms with Crippen molar-refractivity contribution in [2.24, 2.45) is 0 Å². The van der Waals surface area contributed by atoms with Crippen LogP contribution >= 0.6 is 0 Å². The van der Waals surface area contributed by atoms with E-state index >= 15 is 0 Å². The number of hydrogen-bond acceptors (Lipinski definition) is 2. The Hall–Kier alpha value is -3.09. The van der Waals surface area contributed by atoms with E-state index in [0.717, 1.165) is 44.1 Å². The smallest absolute Gasteiger partial charge is 0.305 e. The van der Waals surface area contributed by atoms with Crippen molar-refractivity contribution in [2.75, 3.05) is 0 Å². The van der Waals surface area contributed by atoms with Crippen molar-refractivity contribution in [3.8, 4) is 11.1 Å². The summed E-state index contributed by atoms with van der Waals surface area (Å²) in [4.78, 5) is 8.92. The van der Waals surface area contributed by atoms with Crippen LogP contribution in [0.25, 0.3) is 38.9 Å². The predicted octanol–water partition coefficient (Wildman–Crippen LogP) is 6.11. The summed E-state index contributed by atoms with van der Waals surface area (Å²) in [6.45, 7) is 0. The van der Waals surface area contributed by atoms with Gasteiger partial charge >= 0.3 is 21.1 Å². The van der Waals surface area contributed by atoms with Crippen LogP contribution < -0.4 is 0 Å². The summed E-state index contributed by atoms with van der Waals surface area (Å²) in [6, 6.07) is 30.2. The molecule has 2 aromatic heterocycles. The molecule has 0 bridgehead atoms. The molecule has 0 aliphatic carbocycles. The predicted molar refractivity (Wildman–Crippen MR) is 115 cm³/mol. The van der Waals surface area contributed by atoms with Crippen molar-refractivity contribution in [1.82, 2.24) is 9.97 Å². The summed E-state index contributed by atoms with van der Waals surface area (Å²) in [7, 11) is 0. The third-order valence-corrected chi connectivity index (χ3v) is 4.77. The van der Waals surface area contributed by atoms with E-state index in [1.54, 1.807) is 6.20 Å². The summed E-state index contributed by atoms with van der Waals surface area (Å²) in [5.41, 5.74) is 4.99. The molecule has 29 heavy (non-hydrogen) atoms. The maximum atomic E-state index is 4.59. The zero-order valence-corrected chi connectivity index (χ0v) is 17.7. The van der Waals surface area contributed by atoms with Crippen LogP contribution in [-0.2, 0) is 21.1 Å². The van der Waals surface area contributed by atoms with Crippen LogP contribution in [0.3, 0.4) is 0 Å². The number of benzene rings is 3. The molecule has 3 heteroatoms. The molecule has 0 saturated carbocycles. The van der Waals surface area contributed by atoms with E-state index in [1.165, 1.54) is 0 Å². The second-order valence-electron chi connectivity index (χ2n) is 6.57. The molecular weight excluding hydrogens is 535 g/mol. The van der Waals surface area contributed by atoms with Gasteiger partial charge in [-0.2, -0.15) is 23.6 Å². The maximum Gasteiger partial charge on any atom is 2.00 e. The Labute approximate surface area is 184 Å². The summed E-state index contributed by atoms with van der Waals surface area (Å²) in [5.74, 6) is 0. The molecule has 2 nitrogen and oxygen atoms in total. The van der Waals surface area contributed by atoms with Gasteiger partial charge in [0, 0.05) is 17.9 Å². The Morgan fingerprint density at radius 1 is 0.724 bits per heavy atom. The molecule has 2 heterocycles. The number of para-hydroxylation sites is 1. The zero-order chi connectivity index (χ0) is 18.8. The van der Waals surface area contributed by atoms with Crippen LogP contribution in [0.5, 0.6) is 0 Å². The van der Waals surface area contributed by atoms with E-state index < -0.39 is 0 Å². The molecule has 0 amide bonds. The van der Waals surface area contributed by atoms with E-state index in [0.29, 0.717) is 0 Å². The van der Waals surface area contributed by atoms with Gasteiger partial charge in [-0.05, 0) is 23.2 Å². The van der Waals surface area contributed by atoms with Gasteiger partial charge in [0.15, 0.2) is 0 Å². The normalized spacial score (nSPS) is 11.0. The van der Waals surface area contributed by atoms with E-state index in [9.17, 15) is 0 Å². The Bertz CT molecular complexity index is 1310. The third kappa shape index (κ3) is 3.90. The number of nitrogens with zero attached hydrogens (tertiary/aromatic N) is 2. The number of aromatic nitrogens is 2. The third-order valence-electron chi connectivity index (χ3n) is 4.77. The number of pyridine rings is 2. The molecule has 0 aliphatic rings. The Balaban J connectivity index is 0.00000205. The van der Waals surface area contributed by atoms with E-state index in [-0.39, 0.29) is 21.1 Å². The van der Waals surface area contributed by atoms with E-state index in [2.05, 4.69) is 70.6 Å². The first kappa shape index (κ1) is 19.2. The minimum Gasteiger partial charge on any atom is -0.305 e. The topological polar surface area (TPSA) is 25.8 Å². The van der Waals surface area contributed by atoms with Crippen molar-refractivity contribution in [2.45, 2.75) is 0 Å². The van der Waals surface area contributed by atoms with Crippen LogP contribution in [0.1, 0.15) is 11.3 Å².